The molecule has 1 rings (SSSR count). The summed E-state index contributed by atoms with van der Waals surface area (Å²) in [5.74, 6) is -1.19. The third kappa shape index (κ3) is 37.1. The summed E-state index contributed by atoms with van der Waals surface area (Å²) in [6.45, 7) is 7.77. The van der Waals surface area contributed by atoms with Crippen LogP contribution in [0.1, 0.15) is 104 Å². The largest absolute Gasteiger partial charge is 0.379 e. The zero-order valence-corrected chi connectivity index (χ0v) is 39.1. The van der Waals surface area contributed by atoms with E-state index < -0.39 is 0 Å². The average molecular weight is 931 g/mol. The Balaban J connectivity index is 1.77. The van der Waals surface area contributed by atoms with E-state index in [0.29, 0.717) is 78.4 Å². The van der Waals surface area contributed by atoms with Gasteiger partial charge in [-0.15, -0.1) is 0 Å². The molecule has 0 bridgehead atoms. The van der Waals surface area contributed by atoms with Crippen molar-refractivity contribution in [1.29, 1.82) is 0 Å². The molecule has 0 aliphatic carbocycles. The second kappa shape index (κ2) is 41.7. The second-order valence-electron chi connectivity index (χ2n) is 15.7. The second-order valence-corrected chi connectivity index (χ2v) is 15.7. The SMILES string of the molecule is CC(=O)COCCOCCCC(=O)COCCOCCNC(=O)COCCOCCNC(=O)COCCOCCNC(=O)CCCCCCCCCCC(=O)CCN1C(=O)CC(C)C1=O. The summed E-state index contributed by atoms with van der Waals surface area (Å²) in [6.07, 6.45) is 10.3. The topological polar surface area (TPSA) is 250 Å². The smallest absolute Gasteiger partial charge is 0.246 e. The standard InChI is InChI=1S/C45H78N4O16/c1-37-32-44(56)49(45(37)57)19-15-39(51)12-9-7-5-3-4-6-8-10-14-41(53)46-16-21-59-26-30-64-35-43(55)48-18-23-61-27-31-65-36-42(54)47-17-22-60-25-29-63-34-40(52)13-11-20-58-24-28-62-33-38(2)50/h37H,3-36H2,1-2H3,(H,46,53)(H,47,54)(H,48,55). The summed E-state index contributed by atoms with van der Waals surface area (Å²) < 4.78 is 42.5. The molecule has 0 aromatic rings. The van der Waals surface area contributed by atoms with Gasteiger partial charge in [0.15, 0.2) is 11.6 Å². The van der Waals surface area contributed by atoms with Crippen molar-refractivity contribution < 1.29 is 76.3 Å². The molecule has 1 saturated heterocycles. The Morgan fingerprint density at radius 3 is 1.37 bits per heavy atom. The van der Waals surface area contributed by atoms with Gasteiger partial charge in [-0.1, -0.05) is 45.4 Å². The molecule has 1 aliphatic rings. The van der Waals surface area contributed by atoms with Crippen molar-refractivity contribution in [1.82, 2.24) is 20.9 Å². The van der Waals surface area contributed by atoms with Crippen LogP contribution in [-0.4, -0.2) is 184 Å². The number of rotatable bonds is 47. The number of ketones is 3. The monoisotopic (exact) mass is 931 g/mol. The number of imide groups is 1. The van der Waals surface area contributed by atoms with Crippen LogP contribution in [-0.2, 0) is 76.3 Å². The van der Waals surface area contributed by atoms with Crippen LogP contribution < -0.4 is 16.0 Å². The fourth-order valence-electron chi connectivity index (χ4n) is 6.15. The van der Waals surface area contributed by atoms with E-state index >= 15 is 0 Å². The Bertz CT molecular complexity index is 1350. The maximum Gasteiger partial charge on any atom is 0.246 e. The molecule has 0 aromatic carbocycles. The number of hydrogen-bond donors (Lipinski definition) is 3. The molecule has 374 valence electrons. The molecule has 0 saturated carbocycles. The van der Waals surface area contributed by atoms with Crippen LogP contribution in [0, 0.1) is 5.92 Å². The molecule has 1 aliphatic heterocycles. The molecular formula is C45H78N4O16. The molecule has 0 aromatic heterocycles. The average Bonchev–Trinajstić information content (AvgIpc) is 3.52. The van der Waals surface area contributed by atoms with E-state index in [9.17, 15) is 38.4 Å². The number of nitrogens with zero attached hydrogens (tertiary/aromatic N) is 1. The number of Topliss-reactive ketones (excluding diaryl/α,β-unsaturated/α-hetero) is 3. The highest BCUT2D eigenvalue weighted by atomic mass is 16.5. The lowest BCUT2D eigenvalue weighted by molar-refractivity contribution is -0.139. The van der Waals surface area contributed by atoms with Crippen molar-refractivity contribution in [2.24, 2.45) is 5.92 Å². The van der Waals surface area contributed by atoms with Gasteiger partial charge in [0.25, 0.3) is 0 Å². The van der Waals surface area contributed by atoms with Crippen molar-refractivity contribution in [2.75, 3.05) is 132 Å². The van der Waals surface area contributed by atoms with Gasteiger partial charge >= 0.3 is 0 Å². The van der Waals surface area contributed by atoms with Crippen LogP contribution in [0.5, 0.6) is 0 Å². The highest BCUT2D eigenvalue weighted by Crippen LogP contribution is 2.19. The Morgan fingerprint density at radius 2 is 0.877 bits per heavy atom. The fourth-order valence-corrected chi connectivity index (χ4v) is 6.15. The predicted octanol–water partition coefficient (Wildman–Crippen LogP) is 1.66. The number of carbonyl (C=O) groups excluding carboxylic acids is 8. The molecule has 5 amide bonds. The summed E-state index contributed by atoms with van der Waals surface area (Å²) in [4.78, 5) is 95.6. The number of likely N-dealkylation sites (tertiary alicyclic amines) is 1. The van der Waals surface area contributed by atoms with E-state index in [1.54, 1.807) is 6.92 Å². The molecular weight excluding hydrogens is 853 g/mol. The van der Waals surface area contributed by atoms with E-state index in [1.807, 2.05) is 0 Å². The first-order valence-corrected chi connectivity index (χ1v) is 23.3. The van der Waals surface area contributed by atoms with Crippen molar-refractivity contribution in [3.05, 3.63) is 0 Å². The van der Waals surface area contributed by atoms with E-state index in [4.69, 9.17) is 37.9 Å². The van der Waals surface area contributed by atoms with Crippen LogP contribution in [0.25, 0.3) is 0 Å². The van der Waals surface area contributed by atoms with E-state index in [1.165, 1.54) is 11.8 Å². The van der Waals surface area contributed by atoms with Gasteiger partial charge < -0.3 is 53.8 Å². The van der Waals surface area contributed by atoms with Gasteiger partial charge in [-0.2, -0.15) is 0 Å². The number of nitrogens with one attached hydrogen (secondary N) is 3. The summed E-state index contributed by atoms with van der Waals surface area (Å²) in [7, 11) is 0. The van der Waals surface area contributed by atoms with Crippen LogP contribution in [0.15, 0.2) is 0 Å². The fraction of sp³-hybridized carbons (Fsp3) is 0.822. The molecule has 0 radical (unpaired) electrons. The normalized spacial score (nSPS) is 13.6. The minimum atomic E-state index is -0.294. The Kier molecular flexibility index (Phi) is 38.0. The summed E-state index contributed by atoms with van der Waals surface area (Å²) >= 11 is 0. The lowest BCUT2D eigenvalue weighted by Crippen LogP contribution is -2.32. The zero-order chi connectivity index (χ0) is 47.6. The zero-order valence-electron chi connectivity index (χ0n) is 39.1. The van der Waals surface area contributed by atoms with Crippen LogP contribution in [0.4, 0.5) is 0 Å². The maximum absolute atomic E-state index is 12.1. The third-order valence-corrected chi connectivity index (χ3v) is 9.67. The number of ether oxygens (including phenoxy) is 8. The first-order valence-electron chi connectivity index (χ1n) is 23.3. The number of hydrogen-bond acceptors (Lipinski definition) is 16. The quantitative estimate of drug-likeness (QED) is 0.0580. The molecule has 20 nitrogen and oxygen atoms in total. The summed E-state index contributed by atoms with van der Waals surface area (Å²) in [5, 5.41) is 8.19. The van der Waals surface area contributed by atoms with Gasteiger partial charge in [0.1, 0.15) is 32.2 Å². The molecule has 1 heterocycles. The van der Waals surface area contributed by atoms with Crippen molar-refractivity contribution in [3.63, 3.8) is 0 Å². The van der Waals surface area contributed by atoms with Gasteiger partial charge in [-0.05, 0) is 26.2 Å². The molecule has 20 heteroatoms. The number of carbonyl (C=O) groups is 8. The minimum absolute atomic E-state index is 0.00253. The van der Waals surface area contributed by atoms with E-state index in [2.05, 4.69) is 16.0 Å². The maximum atomic E-state index is 12.1. The van der Waals surface area contributed by atoms with Crippen LogP contribution in [0.2, 0.25) is 0 Å². The minimum Gasteiger partial charge on any atom is -0.379 e. The van der Waals surface area contributed by atoms with E-state index in [0.717, 1.165) is 51.4 Å². The molecule has 1 unspecified atom stereocenters. The highest BCUT2D eigenvalue weighted by molar-refractivity contribution is 6.03. The predicted molar refractivity (Wildman–Crippen MR) is 237 cm³/mol. The van der Waals surface area contributed by atoms with E-state index in [-0.39, 0.29) is 145 Å². The van der Waals surface area contributed by atoms with Crippen LogP contribution >= 0.6 is 0 Å². The third-order valence-electron chi connectivity index (χ3n) is 9.67. The summed E-state index contributed by atoms with van der Waals surface area (Å²) in [5.41, 5.74) is 0. The first kappa shape index (κ1) is 59.3. The van der Waals surface area contributed by atoms with Crippen molar-refractivity contribution >= 4 is 46.9 Å². The summed E-state index contributed by atoms with van der Waals surface area (Å²) in [6, 6.07) is 0. The molecule has 1 fully saturated rings. The molecule has 1 atom stereocenters. The number of amides is 5. The van der Waals surface area contributed by atoms with Gasteiger partial charge in [0.2, 0.25) is 29.5 Å². The van der Waals surface area contributed by atoms with Gasteiger partial charge in [0, 0.05) is 70.8 Å². The first-order chi connectivity index (χ1) is 31.5. The molecule has 0 spiro atoms. The van der Waals surface area contributed by atoms with Gasteiger partial charge in [-0.25, -0.2) is 0 Å². The lowest BCUT2D eigenvalue weighted by atomic mass is 10.0. The molecule has 3 N–H and O–H groups in total. The Morgan fingerprint density at radius 1 is 0.462 bits per heavy atom. The molecule has 65 heavy (non-hydrogen) atoms. The number of unbranched alkanes of at least 4 members (excludes halogenated alkanes) is 7. The van der Waals surface area contributed by atoms with Gasteiger partial charge in [0.05, 0.1) is 72.7 Å². The lowest BCUT2D eigenvalue weighted by Gasteiger charge is -2.13. The van der Waals surface area contributed by atoms with Crippen molar-refractivity contribution in [3.8, 4) is 0 Å². The Labute approximate surface area is 384 Å². The van der Waals surface area contributed by atoms with Crippen molar-refractivity contribution in [2.45, 2.75) is 104 Å². The Hall–Kier alpha value is -3.76. The van der Waals surface area contributed by atoms with Gasteiger partial charge in [-0.3, -0.25) is 43.3 Å². The highest BCUT2D eigenvalue weighted by Gasteiger charge is 2.35. The van der Waals surface area contributed by atoms with Crippen LogP contribution in [0.3, 0.4) is 0 Å².